The molecule has 0 aliphatic carbocycles. The van der Waals surface area contributed by atoms with Crippen LogP contribution in [0.2, 0.25) is 0 Å². The first-order valence-corrected chi connectivity index (χ1v) is 5.75. The lowest BCUT2D eigenvalue weighted by Gasteiger charge is -2.20. The van der Waals surface area contributed by atoms with E-state index in [2.05, 4.69) is 6.58 Å². The third-order valence-electron chi connectivity index (χ3n) is 2.13. The van der Waals surface area contributed by atoms with Gasteiger partial charge in [0.1, 0.15) is 5.60 Å². The lowest BCUT2D eigenvalue weighted by molar-refractivity contribution is 0.00685. The number of ether oxygens (including phenoxy) is 1. The van der Waals surface area contributed by atoms with Crippen molar-refractivity contribution in [2.24, 2.45) is 0 Å². The number of carbonyl (C=O) groups excluding carboxylic acids is 1. The Hall–Kier alpha value is -1.57. The minimum atomic E-state index is -0.465. The Bertz CT molecular complexity index is 425. The van der Waals surface area contributed by atoms with Crippen LogP contribution in [0.15, 0.2) is 36.4 Å². The number of benzene rings is 1. The van der Waals surface area contributed by atoms with E-state index in [0.717, 1.165) is 11.1 Å². The number of carbonyl (C=O) groups is 1. The highest BCUT2D eigenvalue weighted by molar-refractivity contribution is 5.91. The minimum Gasteiger partial charge on any atom is -0.456 e. The second kappa shape index (κ2) is 5.17. The largest absolute Gasteiger partial charge is 0.456 e. The van der Waals surface area contributed by atoms with Crippen LogP contribution in [0.1, 0.15) is 43.6 Å². The Labute approximate surface area is 103 Å². The first kappa shape index (κ1) is 13.5. The summed E-state index contributed by atoms with van der Waals surface area (Å²) in [7, 11) is 0. The fraction of sp³-hybridized carbons (Fsp3) is 0.400. The molecule has 0 saturated carbocycles. The molecular formula is C15H20O2. The summed E-state index contributed by atoms with van der Waals surface area (Å²) in [6.07, 6.45) is 0.704. The molecule has 1 rings (SSSR count). The van der Waals surface area contributed by atoms with E-state index in [1.54, 1.807) is 6.07 Å². The fourth-order valence-electron chi connectivity index (χ4n) is 1.53. The number of esters is 1. The van der Waals surface area contributed by atoms with Gasteiger partial charge in [-0.05, 0) is 45.7 Å². The van der Waals surface area contributed by atoms with Gasteiger partial charge in [0.2, 0.25) is 0 Å². The Morgan fingerprint density at radius 3 is 2.41 bits per heavy atom. The first-order chi connectivity index (χ1) is 7.79. The molecule has 0 amide bonds. The number of allylic oxidation sites excluding steroid dienone is 1. The Balaban J connectivity index is 2.97. The van der Waals surface area contributed by atoms with Gasteiger partial charge >= 0.3 is 5.97 Å². The molecule has 0 fully saturated rings. The lowest BCUT2D eigenvalue weighted by atomic mass is 10.0. The quantitative estimate of drug-likeness (QED) is 0.586. The first-order valence-electron chi connectivity index (χ1n) is 5.75. The van der Waals surface area contributed by atoms with Gasteiger partial charge in [0, 0.05) is 0 Å². The normalized spacial score (nSPS) is 11.1. The number of hydrogen-bond donors (Lipinski definition) is 0. The van der Waals surface area contributed by atoms with Gasteiger partial charge in [0.15, 0.2) is 0 Å². The van der Waals surface area contributed by atoms with Gasteiger partial charge in [-0.2, -0.15) is 0 Å². The predicted octanol–water partition coefficient (Wildman–Crippen LogP) is 3.76. The van der Waals surface area contributed by atoms with E-state index in [1.165, 1.54) is 0 Å². The van der Waals surface area contributed by atoms with E-state index < -0.39 is 5.60 Å². The topological polar surface area (TPSA) is 26.3 Å². The number of hydrogen-bond acceptors (Lipinski definition) is 2. The Morgan fingerprint density at radius 2 is 1.88 bits per heavy atom. The molecule has 1 aromatic carbocycles. The molecule has 0 spiro atoms. The highest BCUT2D eigenvalue weighted by atomic mass is 16.6. The van der Waals surface area contributed by atoms with Crippen LogP contribution in [0, 0.1) is 0 Å². The molecular weight excluding hydrogens is 212 g/mol. The van der Waals surface area contributed by atoms with Gasteiger partial charge in [0.05, 0.1) is 5.56 Å². The Morgan fingerprint density at radius 1 is 1.29 bits per heavy atom. The van der Waals surface area contributed by atoms with E-state index in [-0.39, 0.29) is 5.97 Å². The fourth-order valence-corrected chi connectivity index (χ4v) is 1.53. The maximum absolute atomic E-state index is 12.0. The summed E-state index contributed by atoms with van der Waals surface area (Å²) >= 11 is 0. The molecule has 1 aromatic rings. The van der Waals surface area contributed by atoms with E-state index in [0.29, 0.717) is 12.0 Å². The molecule has 0 radical (unpaired) electrons. The zero-order valence-corrected chi connectivity index (χ0v) is 11.0. The summed E-state index contributed by atoms with van der Waals surface area (Å²) < 4.78 is 5.38. The zero-order valence-electron chi connectivity index (χ0n) is 11.0. The molecule has 0 N–H and O–H groups in total. The van der Waals surface area contributed by atoms with Crippen LogP contribution in [-0.2, 0) is 11.2 Å². The molecule has 0 aliphatic rings. The van der Waals surface area contributed by atoms with Crippen LogP contribution in [-0.4, -0.2) is 11.6 Å². The summed E-state index contributed by atoms with van der Waals surface area (Å²) in [5.41, 5.74) is 2.16. The second-order valence-electron chi connectivity index (χ2n) is 5.29. The van der Waals surface area contributed by atoms with Crippen molar-refractivity contribution in [1.82, 2.24) is 0 Å². The predicted molar refractivity (Wildman–Crippen MR) is 70.1 cm³/mol. The van der Waals surface area contributed by atoms with Crippen LogP contribution < -0.4 is 0 Å². The van der Waals surface area contributed by atoms with Gasteiger partial charge in [-0.15, -0.1) is 0 Å². The van der Waals surface area contributed by atoms with Crippen molar-refractivity contribution in [2.75, 3.05) is 0 Å². The average molecular weight is 232 g/mol. The molecule has 0 aliphatic heterocycles. The summed E-state index contributed by atoms with van der Waals surface area (Å²) in [4.78, 5) is 12.0. The van der Waals surface area contributed by atoms with Crippen LogP contribution in [0.25, 0.3) is 0 Å². The van der Waals surface area contributed by atoms with Gasteiger partial charge in [0.25, 0.3) is 0 Å². The molecule has 92 valence electrons. The van der Waals surface area contributed by atoms with E-state index in [9.17, 15) is 4.79 Å². The van der Waals surface area contributed by atoms with Crippen LogP contribution in [0.5, 0.6) is 0 Å². The Kier molecular flexibility index (Phi) is 4.11. The van der Waals surface area contributed by atoms with Gasteiger partial charge in [-0.3, -0.25) is 0 Å². The summed E-state index contributed by atoms with van der Waals surface area (Å²) in [6.45, 7) is 11.4. The van der Waals surface area contributed by atoms with Gasteiger partial charge in [-0.25, -0.2) is 4.79 Å². The third kappa shape index (κ3) is 4.43. The van der Waals surface area contributed by atoms with Crippen molar-refractivity contribution < 1.29 is 9.53 Å². The summed E-state index contributed by atoms with van der Waals surface area (Å²) in [6, 6.07) is 7.51. The van der Waals surface area contributed by atoms with Crippen LogP contribution in [0.4, 0.5) is 0 Å². The molecule has 0 heterocycles. The molecule has 0 bridgehead atoms. The average Bonchev–Trinajstić information content (AvgIpc) is 2.14. The molecule has 0 aromatic heterocycles. The van der Waals surface area contributed by atoms with Crippen molar-refractivity contribution in [3.63, 3.8) is 0 Å². The second-order valence-corrected chi connectivity index (χ2v) is 5.29. The smallest absolute Gasteiger partial charge is 0.338 e. The van der Waals surface area contributed by atoms with Gasteiger partial charge < -0.3 is 4.74 Å². The monoisotopic (exact) mass is 232 g/mol. The maximum atomic E-state index is 12.0. The van der Waals surface area contributed by atoms with Crippen molar-refractivity contribution in [1.29, 1.82) is 0 Å². The van der Waals surface area contributed by atoms with Crippen LogP contribution >= 0.6 is 0 Å². The van der Waals surface area contributed by atoms with Crippen molar-refractivity contribution in [2.45, 2.75) is 39.7 Å². The van der Waals surface area contributed by atoms with Gasteiger partial charge in [-0.1, -0.05) is 30.4 Å². The lowest BCUT2D eigenvalue weighted by Crippen LogP contribution is -2.24. The summed E-state index contributed by atoms with van der Waals surface area (Å²) in [5.74, 6) is -0.269. The van der Waals surface area contributed by atoms with E-state index in [4.69, 9.17) is 4.74 Å². The third-order valence-corrected chi connectivity index (χ3v) is 2.13. The highest BCUT2D eigenvalue weighted by Crippen LogP contribution is 2.17. The number of rotatable bonds is 3. The molecule has 0 atom stereocenters. The van der Waals surface area contributed by atoms with Crippen molar-refractivity contribution in [3.8, 4) is 0 Å². The minimum absolute atomic E-state index is 0.269. The molecule has 17 heavy (non-hydrogen) atoms. The van der Waals surface area contributed by atoms with Crippen LogP contribution in [0.3, 0.4) is 0 Å². The molecule has 0 saturated heterocycles. The van der Waals surface area contributed by atoms with Crippen molar-refractivity contribution >= 4 is 5.97 Å². The van der Waals surface area contributed by atoms with E-state index in [1.807, 2.05) is 45.9 Å². The zero-order chi connectivity index (χ0) is 13.1. The molecule has 0 unspecified atom stereocenters. The maximum Gasteiger partial charge on any atom is 0.338 e. The summed E-state index contributed by atoms with van der Waals surface area (Å²) in [5, 5.41) is 0. The standard InChI is InChI=1S/C15H20O2/c1-11(2)10-12-8-6-7-9-13(12)14(16)17-15(3,4)5/h6-9H,1,10H2,2-5H3. The highest BCUT2D eigenvalue weighted by Gasteiger charge is 2.19. The van der Waals surface area contributed by atoms with Crippen molar-refractivity contribution in [3.05, 3.63) is 47.5 Å². The molecule has 2 heteroatoms. The molecule has 2 nitrogen and oxygen atoms in total. The van der Waals surface area contributed by atoms with E-state index >= 15 is 0 Å². The SMILES string of the molecule is C=C(C)Cc1ccccc1C(=O)OC(C)(C)C.